The predicted molar refractivity (Wildman–Crippen MR) is 86.5 cm³/mol. The van der Waals surface area contributed by atoms with Crippen LogP contribution in [0.25, 0.3) is 0 Å². The van der Waals surface area contributed by atoms with E-state index in [4.69, 9.17) is 4.74 Å². The summed E-state index contributed by atoms with van der Waals surface area (Å²) in [6.45, 7) is 8.94. The van der Waals surface area contributed by atoms with E-state index in [2.05, 4.69) is 51.2 Å². The summed E-state index contributed by atoms with van der Waals surface area (Å²) in [5, 5.41) is 3.71. The lowest BCUT2D eigenvalue weighted by Crippen LogP contribution is -2.20. The molecule has 1 aromatic carbocycles. The fourth-order valence-electron chi connectivity index (χ4n) is 2.97. The van der Waals surface area contributed by atoms with Crippen LogP contribution in [0.2, 0.25) is 0 Å². The number of nitrogens with one attached hydrogen (secondary N) is 1. The molecule has 1 aliphatic carbocycles. The van der Waals surface area contributed by atoms with E-state index < -0.39 is 0 Å². The van der Waals surface area contributed by atoms with Gasteiger partial charge in [-0.3, -0.25) is 0 Å². The van der Waals surface area contributed by atoms with Crippen LogP contribution in [0.4, 0.5) is 5.69 Å². The lowest BCUT2D eigenvalue weighted by molar-refractivity contribution is 0.243. The summed E-state index contributed by atoms with van der Waals surface area (Å²) < 4.78 is 5.90. The first-order valence-corrected chi connectivity index (χ1v) is 7.98. The van der Waals surface area contributed by atoms with Gasteiger partial charge in [0.2, 0.25) is 0 Å². The standard InChI is InChI=1S/C18H29NO/c1-14(2)20-17-10-6-5-9-16(17)19-15-8-7-12-18(3,4)13-11-15/h5-6,9-10,14-15,19H,7-8,11-13H2,1-4H3. The van der Waals surface area contributed by atoms with Gasteiger partial charge in [-0.15, -0.1) is 0 Å². The second-order valence-electron chi connectivity index (χ2n) is 7.10. The van der Waals surface area contributed by atoms with E-state index in [1.807, 2.05) is 6.07 Å². The van der Waals surface area contributed by atoms with E-state index in [1.165, 1.54) is 32.1 Å². The molecule has 20 heavy (non-hydrogen) atoms. The van der Waals surface area contributed by atoms with Crippen molar-refractivity contribution in [1.82, 2.24) is 0 Å². The number of hydrogen-bond acceptors (Lipinski definition) is 2. The fraction of sp³-hybridized carbons (Fsp3) is 0.667. The number of rotatable bonds is 4. The van der Waals surface area contributed by atoms with Gasteiger partial charge in [0.15, 0.2) is 0 Å². The minimum Gasteiger partial charge on any atom is -0.489 e. The molecule has 0 spiro atoms. The number of hydrogen-bond donors (Lipinski definition) is 1. The van der Waals surface area contributed by atoms with Crippen LogP contribution in [-0.4, -0.2) is 12.1 Å². The molecular formula is C18H29NO. The molecule has 1 N–H and O–H groups in total. The second-order valence-corrected chi connectivity index (χ2v) is 7.10. The average molecular weight is 275 g/mol. The molecule has 1 aromatic rings. The molecule has 0 aliphatic heterocycles. The molecule has 0 radical (unpaired) electrons. The Balaban J connectivity index is 2.02. The molecule has 0 bridgehead atoms. The molecule has 1 unspecified atom stereocenters. The van der Waals surface area contributed by atoms with Gasteiger partial charge in [-0.1, -0.05) is 32.4 Å². The van der Waals surface area contributed by atoms with Crippen molar-refractivity contribution in [3.8, 4) is 5.75 Å². The molecule has 2 heteroatoms. The molecule has 0 aromatic heterocycles. The van der Waals surface area contributed by atoms with E-state index >= 15 is 0 Å². The first-order valence-electron chi connectivity index (χ1n) is 7.98. The third-order valence-corrected chi connectivity index (χ3v) is 4.19. The van der Waals surface area contributed by atoms with E-state index in [1.54, 1.807) is 0 Å². The van der Waals surface area contributed by atoms with Gasteiger partial charge in [-0.2, -0.15) is 0 Å². The highest BCUT2D eigenvalue weighted by atomic mass is 16.5. The number of anilines is 1. The first-order chi connectivity index (χ1) is 9.46. The minimum absolute atomic E-state index is 0.214. The van der Waals surface area contributed by atoms with E-state index in [9.17, 15) is 0 Å². The van der Waals surface area contributed by atoms with E-state index in [0.29, 0.717) is 11.5 Å². The SMILES string of the molecule is CC(C)Oc1ccccc1NC1CCCC(C)(C)CC1. The van der Waals surface area contributed by atoms with Gasteiger partial charge in [-0.05, 0) is 57.1 Å². The molecule has 2 nitrogen and oxygen atoms in total. The third-order valence-electron chi connectivity index (χ3n) is 4.19. The van der Waals surface area contributed by atoms with Gasteiger partial charge < -0.3 is 10.1 Å². The van der Waals surface area contributed by atoms with Gasteiger partial charge in [0.25, 0.3) is 0 Å². The van der Waals surface area contributed by atoms with Crippen LogP contribution >= 0.6 is 0 Å². The topological polar surface area (TPSA) is 21.3 Å². The maximum atomic E-state index is 5.90. The molecule has 1 aliphatic rings. The van der Waals surface area contributed by atoms with Crippen LogP contribution in [0.5, 0.6) is 5.75 Å². The summed E-state index contributed by atoms with van der Waals surface area (Å²) in [5.41, 5.74) is 1.65. The molecule has 112 valence electrons. The number of para-hydroxylation sites is 2. The molecule has 2 rings (SSSR count). The summed E-state index contributed by atoms with van der Waals surface area (Å²) >= 11 is 0. The van der Waals surface area contributed by atoms with Crippen molar-refractivity contribution < 1.29 is 4.74 Å². The van der Waals surface area contributed by atoms with E-state index in [-0.39, 0.29) is 6.10 Å². The van der Waals surface area contributed by atoms with Gasteiger partial charge >= 0.3 is 0 Å². The van der Waals surface area contributed by atoms with Crippen molar-refractivity contribution in [2.75, 3.05) is 5.32 Å². The third kappa shape index (κ3) is 4.43. The molecule has 0 saturated heterocycles. The Bertz CT molecular complexity index is 425. The smallest absolute Gasteiger partial charge is 0.142 e. The van der Waals surface area contributed by atoms with Crippen LogP contribution in [0, 0.1) is 5.41 Å². The van der Waals surface area contributed by atoms with Crippen molar-refractivity contribution in [3.05, 3.63) is 24.3 Å². The molecule has 1 saturated carbocycles. The Labute approximate surface area is 123 Å². The zero-order chi connectivity index (χ0) is 14.6. The van der Waals surface area contributed by atoms with Crippen LogP contribution < -0.4 is 10.1 Å². The van der Waals surface area contributed by atoms with E-state index in [0.717, 1.165) is 11.4 Å². The van der Waals surface area contributed by atoms with Crippen LogP contribution in [-0.2, 0) is 0 Å². The quantitative estimate of drug-likeness (QED) is 0.758. The zero-order valence-electron chi connectivity index (χ0n) is 13.4. The summed E-state index contributed by atoms with van der Waals surface area (Å²) in [7, 11) is 0. The fourth-order valence-corrected chi connectivity index (χ4v) is 2.97. The Hall–Kier alpha value is -1.18. The Morgan fingerprint density at radius 1 is 1.15 bits per heavy atom. The maximum absolute atomic E-state index is 5.90. The summed E-state index contributed by atoms with van der Waals surface area (Å²) in [6, 6.07) is 8.89. The lowest BCUT2D eigenvalue weighted by atomic mass is 9.85. The Morgan fingerprint density at radius 3 is 2.65 bits per heavy atom. The van der Waals surface area contributed by atoms with Crippen LogP contribution in [0.3, 0.4) is 0 Å². The number of benzene rings is 1. The van der Waals surface area contributed by atoms with Crippen molar-refractivity contribution in [2.45, 2.75) is 71.9 Å². The Morgan fingerprint density at radius 2 is 1.90 bits per heavy atom. The normalized spacial score (nSPS) is 22.4. The van der Waals surface area contributed by atoms with Crippen molar-refractivity contribution in [3.63, 3.8) is 0 Å². The van der Waals surface area contributed by atoms with Crippen molar-refractivity contribution in [2.24, 2.45) is 5.41 Å². The van der Waals surface area contributed by atoms with Crippen LogP contribution in [0.1, 0.15) is 59.8 Å². The van der Waals surface area contributed by atoms with Gasteiger partial charge in [0, 0.05) is 6.04 Å². The average Bonchev–Trinajstić information content (AvgIpc) is 2.53. The highest BCUT2D eigenvalue weighted by molar-refractivity contribution is 5.56. The largest absolute Gasteiger partial charge is 0.489 e. The first kappa shape index (κ1) is 15.2. The minimum atomic E-state index is 0.214. The maximum Gasteiger partial charge on any atom is 0.142 e. The van der Waals surface area contributed by atoms with Gasteiger partial charge in [0.1, 0.15) is 5.75 Å². The highest BCUT2D eigenvalue weighted by Crippen LogP contribution is 2.35. The molecule has 0 amide bonds. The van der Waals surface area contributed by atoms with Gasteiger partial charge in [0.05, 0.1) is 11.8 Å². The zero-order valence-corrected chi connectivity index (χ0v) is 13.4. The predicted octanol–water partition coefficient (Wildman–Crippen LogP) is 5.24. The van der Waals surface area contributed by atoms with Crippen molar-refractivity contribution >= 4 is 5.69 Å². The molecular weight excluding hydrogens is 246 g/mol. The molecule has 0 heterocycles. The summed E-state index contributed by atoms with van der Waals surface area (Å²) in [6.07, 6.45) is 6.69. The van der Waals surface area contributed by atoms with Gasteiger partial charge in [-0.25, -0.2) is 0 Å². The molecule has 1 atom stereocenters. The number of ether oxygens (including phenoxy) is 1. The van der Waals surface area contributed by atoms with Crippen LogP contribution in [0.15, 0.2) is 24.3 Å². The lowest BCUT2D eigenvalue weighted by Gasteiger charge is -2.23. The molecule has 1 fully saturated rings. The second kappa shape index (κ2) is 6.51. The highest BCUT2D eigenvalue weighted by Gasteiger charge is 2.24. The monoisotopic (exact) mass is 275 g/mol. The van der Waals surface area contributed by atoms with Crippen molar-refractivity contribution in [1.29, 1.82) is 0 Å². The summed E-state index contributed by atoms with van der Waals surface area (Å²) in [4.78, 5) is 0. The summed E-state index contributed by atoms with van der Waals surface area (Å²) in [5.74, 6) is 0.978. The Kier molecular flexibility index (Phi) is 4.95.